The molecule has 0 saturated carbocycles. The van der Waals surface area contributed by atoms with Crippen molar-refractivity contribution in [1.29, 1.82) is 0 Å². The lowest BCUT2D eigenvalue weighted by Gasteiger charge is -2.39. The Labute approximate surface area is 238 Å². The average molecular weight is 564 g/mol. The molecule has 2 aliphatic rings. The van der Waals surface area contributed by atoms with Crippen LogP contribution >= 0.6 is 0 Å². The molecule has 216 valence electrons. The number of fused-ring (bicyclic) bond motifs is 1. The van der Waals surface area contributed by atoms with Crippen LogP contribution in [0.25, 0.3) is 0 Å². The van der Waals surface area contributed by atoms with Crippen LogP contribution in [0.15, 0.2) is 60.9 Å². The topological polar surface area (TPSA) is 99.2 Å². The molecule has 1 aromatic heterocycles. The van der Waals surface area contributed by atoms with Crippen LogP contribution in [0, 0.1) is 11.7 Å². The first kappa shape index (κ1) is 28.2. The molecule has 2 amide bonds. The Morgan fingerprint density at radius 1 is 1.07 bits per heavy atom. The van der Waals surface area contributed by atoms with Crippen molar-refractivity contribution >= 4 is 12.0 Å². The van der Waals surface area contributed by atoms with Crippen molar-refractivity contribution < 1.29 is 32.9 Å². The summed E-state index contributed by atoms with van der Waals surface area (Å²) >= 11 is 0. The Morgan fingerprint density at radius 2 is 1.85 bits per heavy atom. The maximum atomic E-state index is 14.8. The largest absolute Gasteiger partial charge is 0.493 e. The lowest BCUT2D eigenvalue weighted by molar-refractivity contribution is 0.0111. The Balaban J connectivity index is 1.34. The minimum atomic E-state index is -0.623. The van der Waals surface area contributed by atoms with E-state index < -0.39 is 17.3 Å². The fraction of sp³-hybridized carbons (Fsp3) is 0.387. The van der Waals surface area contributed by atoms with Crippen molar-refractivity contribution in [2.75, 3.05) is 26.5 Å². The van der Waals surface area contributed by atoms with Gasteiger partial charge in [0.05, 0.1) is 12.2 Å². The number of pyridine rings is 1. The van der Waals surface area contributed by atoms with E-state index in [1.165, 1.54) is 6.07 Å². The third-order valence-electron chi connectivity index (χ3n) is 7.06. The average Bonchev–Trinajstić information content (AvgIpc) is 3.43. The van der Waals surface area contributed by atoms with E-state index in [-0.39, 0.29) is 43.4 Å². The fourth-order valence-corrected chi connectivity index (χ4v) is 5.03. The third-order valence-corrected chi connectivity index (χ3v) is 7.06. The van der Waals surface area contributed by atoms with Crippen LogP contribution in [0.2, 0.25) is 0 Å². The highest BCUT2D eigenvalue weighted by molar-refractivity contribution is 5.94. The number of aromatic nitrogens is 1. The van der Waals surface area contributed by atoms with Crippen molar-refractivity contribution in [3.63, 3.8) is 0 Å². The van der Waals surface area contributed by atoms with Gasteiger partial charge >= 0.3 is 6.09 Å². The monoisotopic (exact) mass is 563 g/mol. The maximum absolute atomic E-state index is 14.8. The number of likely N-dealkylation sites (tertiary alicyclic amines) is 1. The van der Waals surface area contributed by atoms with E-state index in [4.69, 9.17) is 18.9 Å². The summed E-state index contributed by atoms with van der Waals surface area (Å²) in [5.74, 6) is 0.539. The molecule has 0 spiro atoms. The van der Waals surface area contributed by atoms with E-state index >= 15 is 0 Å². The van der Waals surface area contributed by atoms with E-state index in [9.17, 15) is 14.0 Å². The molecular formula is C31H34FN3O6. The smallest absolute Gasteiger partial charge is 0.410 e. The zero-order valence-corrected chi connectivity index (χ0v) is 23.4. The van der Waals surface area contributed by atoms with Gasteiger partial charge in [-0.1, -0.05) is 6.07 Å². The van der Waals surface area contributed by atoms with Crippen molar-refractivity contribution in [1.82, 2.24) is 15.2 Å². The molecule has 2 atom stereocenters. The molecule has 0 bridgehead atoms. The number of halogens is 1. The molecular weight excluding hydrogens is 529 g/mol. The third kappa shape index (κ3) is 7.06. The van der Waals surface area contributed by atoms with Gasteiger partial charge in [0.25, 0.3) is 5.91 Å². The molecule has 1 saturated heterocycles. The minimum Gasteiger partial charge on any atom is -0.493 e. The normalized spacial score (nSPS) is 18.1. The lowest BCUT2D eigenvalue weighted by Crippen LogP contribution is -2.46. The van der Waals surface area contributed by atoms with Gasteiger partial charge in [-0.15, -0.1) is 0 Å². The summed E-state index contributed by atoms with van der Waals surface area (Å²) in [6.45, 7) is 7.03. The first-order valence-electron chi connectivity index (χ1n) is 13.6. The maximum Gasteiger partial charge on any atom is 0.410 e. The second-order valence-electron chi connectivity index (χ2n) is 11.2. The molecule has 41 heavy (non-hydrogen) atoms. The van der Waals surface area contributed by atoms with Crippen LogP contribution < -0.4 is 19.5 Å². The fourth-order valence-electron chi connectivity index (χ4n) is 5.03. The number of rotatable bonds is 7. The number of hydrogen-bond donors (Lipinski definition) is 1. The predicted octanol–water partition coefficient (Wildman–Crippen LogP) is 5.30. The zero-order chi connectivity index (χ0) is 29.0. The van der Waals surface area contributed by atoms with Crippen molar-refractivity contribution in [2.45, 2.75) is 45.3 Å². The Hall–Kier alpha value is -4.34. The molecule has 2 aliphatic heterocycles. The number of carbonyl (C=O) groups is 2. The van der Waals surface area contributed by atoms with Crippen LogP contribution in [0.3, 0.4) is 0 Å². The first-order chi connectivity index (χ1) is 19.7. The molecule has 10 heteroatoms. The zero-order valence-electron chi connectivity index (χ0n) is 23.4. The van der Waals surface area contributed by atoms with E-state index in [2.05, 4.69) is 10.3 Å². The van der Waals surface area contributed by atoms with Gasteiger partial charge in [0.2, 0.25) is 6.79 Å². The standard InChI is InChI=1S/C31H34FN3O6/c1-31(2,3)41-30(37)35-13-10-24(22(17-35)18-38-23-5-7-27-28(15-23)40-19-39-27)21-4-6-26(32)25(14-21)29(36)34-16-20-8-11-33-12-9-20/h4-9,11-12,14-15,22,24H,10,13,16-19H2,1-3H3,(H,34,36)/t22-,24-/m0/s1. The first-order valence-corrected chi connectivity index (χ1v) is 13.6. The number of amides is 2. The summed E-state index contributed by atoms with van der Waals surface area (Å²) in [6, 6.07) is 13.6. The quantitative estimate of drug-likeness (QED) is 0.417. The SMILES string of the molecule is CC(C)(C)OC(=O)N1CC[C@@H](c2ccc(F)c(C(=O)NCc3ccncc3)c2)[C@H](COc2ccc3c(c2)OCO3)C1. The molecule has 2 aromatic carbocycles. The second-order valence-corrected chi connectivity index (χ2v) is 11.2. The van der Waals surface area contributed by atoms with Crippen LogP contribution in [0.4, 0.5) is 9.18 Å². The molecule has 0 unspecified atom stereocenters. The van der Waals surface area contributed by atoms with Gasteiger partial charge in [-0.05, 0) is 80.6 Å². The number of ether oxygens (including phenoxy) is 4. The van der Waals surface area contributed by atoms with Crippen LogP contribution in [-0.4, -0.2) is 54.0 Å². The van der Waals surface area contributed by atoms with E-state index in [0.29, 0.717) is 36.8 Å². The Morgan fingerprint density at radius 3 is 2.63 bits per heavy atom. The highest BCUT2D eigenvalue weighted by Crippen LogP contribution is 2.38. The number of piperidine rings is 1. The molecule has 5 rings (SSSR count). The Kier molecular flexibility index (Phi) is 8.28. The lowest BCUT2D eigenvalue weighted by atomic mass is 9.80. The minimum absolute atomic E-state index is 0.0263. The number of nitrogens with one attached hydrogen (secondary N) is 1. The van der Waals surface area contributed by atoms with Gasteiger partial charge in [-0.3, -0.25) is 9.78 Å². The summed E-state index contributed by atoms with van der Waals surface area (Å²) in [4.78, 5) is 31.5. The van der Waals surface area contributed by atoms with E-state index in [0.717, 1.165) is 11.1 Å². The van der Waals surface area contributed by atoms with Crippen molar-refractivity contribution in [3.05, 3.63) is 83.4 Å². The van der Waals surface area contributed by atoms with Gasteiger partial charge in [0, 0.05) is 44.0 Å². The van der Waals surface area contributed by atoms with E-state index in [1.807, 2.05) is 20.8 Å². The number of nitrogens with zero attached hydrogens (tertiary/aromatic N) is 2. The molecule has 0 aliphatic carbocycles. The van der Waals surface area contributed by atoms with Gasteiger partial charge in [-0.2, -0.15) is 0 Å². The van der Waals surface area contributed by atoms with Crippen LogP contribution in [-0.2, 0) is 11.3 Å². The summed E-state index contributed by atoms with van der Waals surface area (Å²) in [5, 5.41) is 2.79. The summed E-state index contributed by atoms with van der Waals surface area (Å²) in [6.07, 6.45) is 3.48. The number of hydrogen-bond acceptors (Lipinski definition) is 7. The molecule has 0 radical (unpaired) electrons. The number of carbonyl (C=O) groups excluding carboxylic acids is 2. The highest BCUT2D eigenvalue weighted by Gasteiger charge is 2.35. The molecule has 9 nitrogen and oxygen atoms in total. The van der Waals surface area contributed by atoms with Gasteiger partial charge < -0.3 is 29.2 Å². The predicted molar refractivity (Wildman–Crippen MR) is 149 cm³/mol. The second kappa shape index (κ2) is 12.0. The molecule has 3 heterocycles. The Bertz CT molecular complexity index is 1390. The summed E-state index contributed by atoms with van der Waals surface area (Å²) in [7, 11) is 0. The summed E-state index contributed by atoms with van der Waals surface area (Å²) < 4.78 is 37.5. The van der Waals surface area contributed by atoms with Crippen molar-refractivity contribution in [3.8, 4) is 17.2 Å². The highest BCUT2D eigenvalue weighted by atomic mass is 19.1. The van der Waals surface area contributed by atoms with Gasteiger partial charge in [0.1, 0.15) is 17.2 Å². The van der Waals surface area contributed by atoms with Gasteiger partial charge in [0.15, 0.2) is 11.5 Å². The van der Waals surface area contributed by atoms with Gasteiger partial charge in [-0.25, -0.2) is 9.18 Å². The molecule has 1 N–H and O–H groups in total. The summed E-state index contributed by atoms with van der Waals surface area (Å²) in [5.41, 5.74) is 1.02. The molecule has 3 aromatic rings. The number of benzene rings is 2. The molecule has 1 fully saturated rings. The van der Waals surface area contributed by atoms with Crippen molar-refractivity contribution in [2.24, 2.45) is 5.92 Å². The van der Waals surface area contributed by atoms with E-state index in [1.54, 1.807) is 59.8 Å². The van der Waals surface area contributed by atoms with Crippen LogP contribution in [0.5, 0.6) is 17.2 Å². The van der Waals surface area contributed by atoms with Crippen LogP contribution in [0.1, 0.15) is 54.6 Å².